The molecule has 104 valence electrons. The van der Waals surface area contributed by atoms with E-state index in [-0.39, 0.29) is 0 Å². The molecule has 0 spiro atoms. The Morgan fingerprint density at radius 2 is 1.12 bits per heavy atom. The highest BCUT2D eigenvalue weighted by Crippen LogP contribution is 2.43. The van der Waals surface area contributed by atoms with Crippen LogP contribution in [0.3, 0.4) is 0 Å². The molecule has 0 aromatic rings. The molecule has 0 aliphatic rings. The molecule has 0 nitrogen and oxygen atoms in total. The zero-order chi connectivity index (χ0) is 14.1. The van der Waals surface area contributed by atoms with Crippen LogP contribution < -0.4 is 0 Å². The summed E-state index contributed by atoms with van der Waals surface area (Å²) in [6.45, 7) is -5.93. The fourth-order valence-corrected chi connectivity index (χ4v) is 0.762. The van der Waals surface area contributed by atoms with Crippen LogP contribution in [0.5, 0.6) is 0 Å². The Bertz CT molecular complexity index is 249. The molecule has 0 aliphatic carbocycles. The Morgan fingerprint density at radius 3 is 1.41 bits per heavy atom. The summed E-state index contributed by atoms with van der Waals surface area (Å²) in [6.07, 6.45) is -9.25. The van der Waals surface area contributed by atoms with Gasteiger partial charge in [0.25, 0.3) is 0 Å². The van der Waals surface area contributed by atoms with Gasteiger partial charge < -0.3 is 0 Å². The summed E-state index contributed by atoms with van der Waals surface area (Å²) >= 11 is 0. The van der Waals surface area contributed by atoms with Gasteiger partial charge in [-0.3, -0.25) is 0 Å². The second kappa shape index (κ2) is 4.89. The van der Waals surface area contributed by atoms with E-state index in [0.717, 1.165) is 0 Å². The van der Waals surface area contributed by atoms with Crippen LogP contribution in [-0.4, -0.2) is 43.5 Å². The van der Waals surface area contributed by atoms with E-state index in [2.05, 4.69) is 0 Å². The van der Waals surface area contributed by atoms with Crippen LogP contribution in [0.1, 0.15) is 0 Å². The molecular formula is C7H6F10. The van der Waals surface area contributed by atoms with Gasteiger partial charge in [-0.1, -0.05) is 0 Å². The smallest absolute Gasteiger partial charge is 0.244 e. The number of alkyl halides is 10. The Morgan fingerprint density at radius 1 is 0.706 bits per heavy atom. The van der Waals surface area contributed by atoms with Gasteiger partial charge in [0.15, 0.2) is 13.3 Å². The van der Waals surface area contributed by atoms with Crippen LogP contribution in [0.2, 0.25) is 0 Å². The number of hydrogen-bond acceptors (Lipinski definition) is 0. The molecule has 0 aromatic carbocycles. The molecule has 0 rings (SSSR count). The fourth-order valence-electron chi connectivity index (χ4n) is 0.762. The van der Waals surface area contributed by atoms with E-state index in [1.807, 2.05) is 0 Å². The Balaban J connectivity index is 5.11. The summed E-state index contributed by atoms with van der Waals surface area (Å²) in [5, 5.41) is 0. The van der Waals surface area contributed by atoms with Crippen molar-refractivity contribution in [3.05, 3.63) is 0 Å². The molecule has 2 unspecified atom stereocenters. The predicted molar refractivity (Wildman–Crippen MR) is 36.6 cm³/mol. The lowest BCUT2D eigenvalue weighted by Crippen LogP contribution is -2.56. The van der Waals surface area contributed by atoms with Gasteiger partial charge in [0.2, 0.25) is 12.3 Å². The summed E-state index contributed by atoms with van der Waals surface area (Å²) in [4.78, 5) is 0. The van der Waals surface area contributed by atoms with E-state index < -0.39 is 43.5 Å². The molecule has 0 radical (unpaired) electrons. The standard InChI is InChI=1S/C7H6F10/c8-1-5(12,13)3(10)4(11)7(16,17)6(14,15)2-9/h3-4H,1-2H2. The number of halogens is 10. The van der Waals surface area contributed by atoms with Crippen molar-refractivity contribution < 1.29 is 43.9 Å². The number of hydrogen-bond donors (Lipinski definition) is 0. The highest BCUT2D eigenvalue weighted by atomic mass is 19.3. The van der Waals surface area contributed by atoms with Crippen molar-refractivity contribution in [2.24, 2.45) is 0 Å². The second-order valence-corrected chi connectivity index (χ2v) is 3.16. The van der Waals surface area contributed by atoms with Crippen molar-refractivity contribution in [1.82, 2.24) is 0 Å². The van der Waals surface area contributed by atoms with Crippen LogP contribution in [0.4, 0.5) is 43.9 Å². The third kappa shape index (κ3) is 2.95. The maximum absolute atomic E-state index is 12.5. The van der Waals surface area contributed by atoms with Gasteiger partial charge in [-0.05, 0) is 0 Å². The largest absolute Gasteiger partial charge is 0.346 e. The van der Waals surface area contributed by atoms with Gasteiger partial charge in [0, 0.05) is 0 Å². The van der Waals surface area contributed by atoms with Crippen molar-refractivity contribution in [1.29, 1.82) is 0 Å². The topological polar surface area (TPSA) is 0 Å². The molecule has 0 saturated heterocycles. The highest BCUT2D eigenvalue weighted by Gasteiger charge is 2.67. The molecule has 2 atom stereocenters. The number of rotatable bonds is 6. The first-order valence-corrected chi connectivity index (χ1v) is 3.97. The van der Waals surface area contributed by atoms with Gasteiger partial charge >= 0.3 is 17.8 Å². The van der Waals surface area contributed by atoms with E-state index in [1.54, 1.807) is 0 Å². The molecule has 17 heavy (non-hydrogen) atoms. The summed E-state index contributed by atoms with van der Waals surface area (Å²) in [6, 6.07) is 0. The molecule has 0 aliphatic heterocycles. The van der Waals surface area contributed by atoms with Crippen LogP contribution >= 0.6 is 0 Å². The van der Waals surface area contributed by atoms with Gasteiger partial charge in [0.05, 0.1) is 0 Å². The van der Waals surface area contributed by atoms with E-state index in [9.17, 15) is 43.9 Å². The first-order valence-electron chi connectivity index (χ1n) is 3.97. The maximum Gasteiger partial charge on any atom is 0.346 e. The molecule has 10 heteroatoms. The lowest BCUT2D eigenvalue weighted by molar-refractivity contribution is -0.267. The predicted octanol–water partition coefficient (Wildman–Crippen LogP) is 3.51. The van der Waals surface area contributed by atoms with Gasteiger partial charge in [-0.2, -0.15) is 17.6 Å². The summed E-state index contributed by atoms with van der Waals surface area (Å²) in [5.74, 6) is -16.9. The van der Waals surface area contributed by atoms with Crippen molar-refractivity contribution in [2.45, 2.75) is 30.1 Å². The summed E-state index contributed by atoms with van der Waals surface area (Å²) < 4.78 is 121. The summed E-state index contributed by atoms with van der Waals surface area (Å²) in [7, 11) is 0. The molecule has 0 N–H and O–H groups in total. The normalized spacial score (nSPS) is 18.0. The zero-order valence-corrected chi connectivity index (χ0v) is 7.85. The van der Waals surface area contributed by atoms with Gasteiger partial charge in [-0.25, -0.2) is 26.3 Å². The average molecular weight is 280 g/mol. The Labute approximate surface area is 88.6 Å². The van der Waals surface area contributed by atoms with Crippen molar-refractivity contribution >= 4 is 0 Å². The molecule has 0 amide bonds. The van der Waals surface area contributed by atoms with Gasteiger partial charge in [0.1, 0.15) is 0 Å². The lowest BCUT2D eigenvalue weighted by Gasteiger charge is -2.30. The maximum atomic E-state index is 12.5. The Hall–Kier alpha value is -0.700. The minimum absolute atomic E-state index is 2.86. The van der Waals surface area contributed by atoms with Gasteiger partial charge in [-0.15, -0.1) is 0 Å². The quantitative estimate of drug-likeness (QED) is 0.653. The van der Waals surface area contributed by atoms with Crippen molar-refractivity contribution in [3.63, 3.8) is 0 Å². The zero-order valence-electron chi connectivity index (χ0n) is 7.85. The fraction of sp³-hybridized carbons (Fsp3) is 1.00. The van der Waals surface area contributed by atoms with E-state index in [0.29, 0.717) is 0 Å². The highest BCUT2D eigenvalue weighted by molar-refractivity contribution is 4.98. The Kier molecular flexibility index (Phi) is 4.69. The van der Waals surface area contributed by atoms with Crippen molar-refractivity contribution in [3.8, 4) is 0 Å². The van der Waals surface area contributed by atoms with E-state index >= 15 is 0 Å². The summed E-state index contributed by atoms with van der Waals surface area (Å²) in [5.41, 5.74) is 0. The van der Waals surface area contributed by atoms with Crippen LogP contribution in [0.25, 0.3) is 0 Å². The van der Waals surface area contributed by atoms with Crippen LogP contribution in [0.15, 0.2) is 0 Å². The second-order valence-electron chi connectivity index (χ2n) is 3.16. The third-order valence-corrected chi connectivity index (χ3v) is 1.84. The average Bonchev–Trinajstić information content (AvgIpc) is 2.26. The molecule has 0 saturated carbocycles. The van der Waals surface area contributed by atoms with Crippen LogP contribution in [0, 0.1) is 0 Å². The minimum Gasteiger partial charge on any atom is -0.244 e. The van der Waals surface area contributed by atoms with E-state index in [1.165, 1.54) is 0 Å². The van der Waals surface area contributed by atoms with Crippen molar-refractivity contribution in [2.75, 3.05) is 13.3 Å². The first kappa shape index (κ1) is 16.3. The first-order chi connectivity index (χ1) is 7.44. The van der Waals surface area contributed by atoms with Crippen LogP contribution in [-0.2, 0) is 0 Å². The SMILES string of the molecule is FCC(F)(F)C(F)C(F)C(F)(F)C(F)(F)CF. The molecule has 0 heterocycles. The molecule has 0 bridgehead atoms. The molecule has 0 fully saturated rings. The molecule has 0 aromatic heterocycles. The molecular weight excluding hydrogens is 274 g/mol. The minimum atomic E-state index is -6.01. The monoisotopic (exact) mass is 280 g/mol. The van der Waals surface area contributed by atoms with E-state index in [4.69, 9.17) is 0 Å². The third-order valence-electron chi connectivity index (χ3n) is 1.84. The lowest BCUT2D eigenvalue weighted by atomic mass is 10.00.